The van der Waals surface area contributed by atoms with Crippen molar-refractivity contribution in [2.24, 2.45) is 0 Å². The van der Waals surface area contributed by atoms with Crippen LogP contribution in [0.5, 0.6) is 0 Å². The molecule has 0 radical (unpaired) electrons. The molecule has 9 heteroatoms. The highest BCUT2D eigenvalue weighted by molar-refractivity contribution is 6.28. The maximum atomic E-state index is 13.2. The number of hydrogen-bond donors (Lipinski definition) is 0. The highest BCUT2D eigenvalue weighted by Crippen LogP contribution is 2.33. The summed E-state index contributed by atoms with van der Waals surface area (Å²) in [6.45, 7) is 4.17. The van der Waals surface area contributed by atoms with Gasteiger partial charge in [0.2, 0.25) is 5.28 Å². The molecular weight excluding hydrogens is 451 g/mol. The van der Waals surface area contributed by atoms with Crippen molar-refractivity contribution in [3.63, 3.8) is 0 Å². The fraction of sp³-hybridized carbons (Fsp3) is 0.208. The van der Waals surface area contributed by atoms with Gasteiger partial charge in [0.15, 0.2) is 5.69 Å². The van der Waals surface area contributed by atoms with Gasteiger partial charge in [-0.3, -0.25) is 0 Å². The van der Waals surface area contributed by atoms with E-state index < -0.39 is 11.9 Å². The van der Waals surface area contributed by atoms with Gasteiger partial charge in [-0.25, -0.2) is 9.97 Å². The number of benzene rings is 2. The number of imidazole rings is 1. The van der Waals surface area contributed by atoms with Crippen molar-refractivity contribution in [1.29, 1.82) is 0 Å². The van der Waals surface area contributed by atoms with Crippen molar-refractivity contribution >= 4 is 33.5 Å². The molecule has 0 aliphatic heterocycles. The molecule has 5 nitrogen and oxygen atoms in total. The summed E-state index contributed by atoms with van der Waals surface area (Å²) in [4.78, 5) is 12.4. The van der Waals surface area contributed by atoms with Crippen LogP contribution in [-0.2, 0) is 12.7 Å². The van der Waals surface area contributed by atoms with Crippen LogP contribution < -0.4 is 0 Å². The third kappa shape index (κ3) is 3.84. The van der Waals surface area contributed by atoms with Crippen LogP contribution in [0.25, 0.3) is 33.3 Å². The minimum absolute atomic E-state index is 0.162. The van der Waals surface area contributed by atoms with Gasteiger partial charge in [-0.1, -0.05) is 42.5 Å². The molecular formula is C24H19ClF3N5. The van der Waals surface area contributed by atoms with Crippen molar-refractivity contribution in [1.82, 2.24) is 24.1 Å². The summed E-state index contributed by atoms with van der Waals surface area (Å²) >= 11 is 6.06. The molecule has 0 aliphatic carbocycles. The zero-order valence-corrected chi connectivity index (χ0v) is 18.6. The maximum Gasteiger partial charge on any atom is 0.434 e. The van der Waals surface area contributed by atoms with E-state index in [1.807, 2.05) is 50.2 Å². The van der Waals surface area contributed by atoms with Gasteiger partial charge in [-0.2, -0.15) is 18.2 Å². The monoisotopic (exact) mass is 469 g/mol. The second-order valence-corrected chi connectivity index (χ2v) is 8.46. The first-order chi connectivity index (χ1) is 15.7. The molecule has 0 fully saturated rings. The molecule has 0 amide bonds. The minimum atomic E-state index is -4.49. The fourth-order valence-corrected chi connectivity index (χ4v) is 4.17. The standard InChI is InChI=1S/C24H19ClF3N5/c1-14(2)32-13-20(24(26,27)28)30-21(32)16-9-7-15(8-10-16)12-33-19-6-4-3-5-17(19)18-11-29-23(25)31-22(18)33/h3-11,13-14H,12H2,1-2H3. The molecule has 3 heterocycles. The van der Waals surface area contributed by atoms with Crippen LogP contribution in [0.2, 0.25) is 5.28 Å². The van der Waals surface area contributed by atoms with Crippen LogP contribution in [0.15, 0.2) is 60.9 Å². The summed E-state index contributed by atoms with van der Waals surface area (Å²) < 4.78 is 43.3. The van der Waals surface area contributed by atoms with Crippen molar-refractivity contribution in [3.8, 4) is 11.4 Å². The van der Waals surface area contributed by atoms with Gasteiger partial charge in [0.25, 0.3) is 0 Å². The predicted molar refractivity (Wildman–Crippen MR) is 122 cm³/mol. The van der Waals surface area contributed by atoms with E-state index in [4.69, 9.17) is 11.6 Å². The third-order valence-corrected chi connectivity index (χ3v) is 5.79. The number of para-hydroxylation sites is 1. The average molecular weight is 470 g/mol. The molecule has 0 N–H and O–H groups in total. The van der Waals surface area contributed by atoms with E-state index in [1.54, 1.807) is 22.9 Å². The van der Waals surface area contributed by atoms with E-state index in [2.05, 4.69) is 19.5 Å². The topological polar surface area (TPSA) is 48.5 Å². The van der Waals surface area contributed by atoms with Crippen LogP contribution in [-0.4, -0.2) is 24.1 Å². The number of halogens is 4. The molecule has 0 bridgehead atoms. The first-order valence-electron chi connectivity index (χ1n) is 10.4. The maximum absolute atomic E-state index is 13.2. The van der Waals surface area contributed by atoms with Crippen LogP contribution in [0.1, 0.15) is 31.1 Å². The Bertz CT molecular complexity index is 1470. The van der Waals surface area contributed by atoms with E-state index >= 15 is 0 Å². The Hall–Kier alpha value is -3.39. The van der Waals surface area contributed by atoms with Gasteiger partial charge in [0.1, 0.15) is 11.5 Å². The molecule has 33 heavy (non-hydrogen) atoms. The minimum Gasteiger partial charge on any atom is -0.328 e. The van der Waals surface area contributed by atoms with Crippen LogP contribution in [0.4, 0.5) is 13.2 Å². The molecule has 0 aliphatic rings. The summed E-state index contributed by atoms with van der Waals surface area (Å²) in [6.07, 6.45) is -1.71. The van der Waals surface area contributed by atoms with Gasteiger partial charge in [0.05, 0.1) is 5.52 Å². The van der Waals surface area contributed by atoms with Crippen molar-refractivity contribution in [2.75, 3.05) is 0 Å². The van der Waals surface area contributed by atoms with E-state index in [9.17, 15) is 13.2 Å². The lowest BCUT2D eigenvalue weighted by Crippen LogP contribution is -2.05. The molecule has 168 valence electrons. The van der Waals surface area contributed by atoms with E-state index in [-0.39, 0.29) is 11.3 Å². The lowest BCUT2D eigenvalue weighted by molar-refractivity contribution is -0.140. The number of nitrogens with zero attached hydrogens (tertiary/aromatic N) is 5. The van der Waals surface area contributed by atoms with Crippen molar-refractivity contribution in [3.05, 3.63) is 77.5 Å². The molecule has 0 saturated heterocycles. The highest BCUT2D eigenvalue weighted by atomic mass is 35.5. The van der Waals surface area contributed by atoms with Crippen molar-refractivity contribution < 1.29 is 13.2 Å². The molecule has 5 aromatic rings. The molecule has 0 spiro atoms. The second-order valence-electron chi connectivity index (χ2n) is 8.13. The first-order valence-corrected chi connectivity index (χ1v) is 10.7. The zero-order chi connectivity index (χ0) is 23.3. The highest BCUT2D eigenvalue weighted by Gasteiger charge is 2.35. The van der Waals surface area contributed by atoms with Crippen LogP contribution in [0, 0.1) is 0 Å². The molecule has 3 aromatic heterocycles. The summed E-state index contributed by atoms with van der Waals surface area (Å²) in [5, 5.41) is 2.10. The smallest absolute Gasteiger partial charge is 0.328 e. The van der Waals surface area contributed by atoms with Gasteiger partial charge < -0.3 is 9.13 Å². The molecule has 5 rings (SSSR count). The second kappa shape index (κ2) is 7.88. The Morgan fingerprint density at radius 2 is 1.70 bits per heavy atom. The third-order valence-electron chi connectivity index (χ3n) is 5.61. The van der Waals surface area contributed by atoms with E-state index in [1.165, 1.54) is 0 Å². The number of aromatic nitrogens is 5. The average Bonchev–Trinajstić information content (AvgIpc) is 3.35. The Labute approximate surface area is 192 Å². The normalized spacial score (nSPS) is 12.3. The first kappa shape index (κ1) is 21.5. The lowest BCUT2D eigenvalue weighted by atomic mass is 10.1. The lowest BCUT2D eigenvalue weighted by Gasteiger charge is -2.12. The predicted octanol–water partition coefficient (Wildman–Crippen LogP) is 6.75. The van der Waals surface area contributed by atoms with E-state index in [0.717, 1.165) is 33.7 Å². The van der Waals surface area contributed by atoms with Gasteiger partial charge in [-0.15, -0.1) is 0 Å². The Morgan fingerprint density at radius 3 is 2.39 bits per heavy atom. The largest absolute Gasteiger partial charge is 0.434 e. The Morgan fingerprint density at radius 1 is 0.970 bits per heavy atom. The van der Waals surface area contributed by atoms with Gasteiger partial charge >= 0.3 is 6.18 Å². The Balaban J connectivity index is 1.54. The summed E-state index contributed by atoms with van der Waals surface area (Å²) in [5.41, 5.74) is 2.42. The molecule has 0 atom stereocenters. The summed E-state index contributed by atoms with van der Waals surface area (Å²) in [7, 11) is 0. The van der Waals surface area contributed by atoms with Gasteiger partial charge in [-0.05, 0) is 37.1 Å². The van der Waals surface area contributed by atoms with Crippen LogP contribution in [0.3, 0.4) is 0 Å². The number of hydrogen-bond acceptors (Lipinski definition) is 3. The van der Waals surface area contributed by atoms with Gasteiger partial charge in [0, 0.05) is 41.3 Å². The molecule has 0 unspecified atom stereocenters. The molecule has 2 aromatic carbocycles. The van der Waals surface area contributed by atoms with E-state index in [0.29, 0.717) is 17.9 Å². The SMILES string of the molecule is CC(C)n1cc(C(F)(F)F)nc1-c1ccc(Cn2c3ccccc3c3cnc(Cl)nc32)cc1. The summed E-state index contributed by atoms with van der Waals surface area (Å²) in [6, 6.07) is 15.2. The zero-order valence-electron chi connectivity index (χ0n) is 17.8. The number of rotatable bonds is 4. The fourth-order valence-electron chi connectivity index (χ4n) is 4.04. The summed E-state index contributed by atoms with van der Waals surface area (Å²) in [5.74, 6) is 0.292. The quantitative estimate of drug-likeness (QED) is 0.273. The van der Waals surface area contributed by atoms with Crippen LogP contribution >= 0.6 is 11.6 Å². The Kier molecular flexibility index (Phi) is 5.12. The number of fused-ring (bicyclic) bond motifs is 3. The van der Waals surface area contributed by atoms with Crippen molar-refractivity contribution in [2.45, 2.75) is 32.6 Å². The molecule has 0 saturated carbocycles. The number of alkyl halides is 3.